The fourth-order valence-corrected chi connectivity index (χ4v) is 0.950. The number of hydrogen-bond acceptors (Lipinski definition) is 1. The zero-order valence-corrected chi connectivity index (χ0v) is 8.21. The van der Waals surface area contributed by atoms with Crippen molar-refractivity contribution in [2.24, 2.45) is 5.73 Å². The lowest BCUT2D eigenvalue weighted by atomic mass is 10.1. The van der Waals surface area contributed by atoms with Gasteiger partial charge in [-0.1, -0.05) is 17.7 Å². The molecule has 1 nitrogen and oxygen atoms in total. The van der Waals surface area contributed by atoms with Crippen molar-refractivity contribution >= 4 is 24.0 Å². The summed E-state index contributed by atoms with van der Waals surface area (Å²) in [4.78, 5) is 0. The van der Waals surface area contributed by atoms with E-state index in [1.807, 2.05) is 0 Å². The minimum absolute atomic E-state index is 0. The third-order valence-corrected chi connectivity index (χ3v) is 1.84. The maximum Gasteiger partial charge on any atom is 0.142 e. The Labute approximate surface area is 86.3 Å². The van der Waals surface area contributed by atoms with Gasteiger partial charge in [-0.2, -0.15) is 0 Å². The summed E-state index contributed by atoms with van der Waals surface area (Å²) < 4.78 is 24.8. The van der Waals surface area contributed by atoms with Crippen molar-refractivity contribution in [1.29, 1.82) is 0 Å². The Bertz CT molecular complexity index is 281. The SMILES string of the molecule is Cl.N[C@H](CF)c1ccc(Cl)c(F)c1. The smallest absolute Gasteiger partial charge is 0.142 e. The van der Waals surface area contributed by atoms with Crippen LogP contribution in [0, 0.1) is 5.82 Å². The average molecular weight is 228 g/mol. The molecule has 0 aliphatic heterocycles. The molecule has 0 saturated carbocycles. The summed E-state index contributed by atoms with van der Waals surface area (Å²) in [5.74, 6) is -0.571. The molecule has 0 heterocycles. The molecule has 0 fully saturated rings. The van der Waals surface area contributed by atoms with Crippen LogP contribution in [0.4, 0.5) is 8.78 Å². The molecule has 0 radical (unpaired) electrons. The van der Waals surface area contributed by atoms with E-state index >= 15 is 0 Å². The van der Waals surface area contributed by atoms with Gasteiger partial charge in [-0.05, 0) is 17.7 Å². The van der Waals surface area contributed by atoms with Gasteiger partial charge >= 0.3 is 0 Å². The van der Waals surface area contributed by atoms with Crippen LogP contribution in [-0.2, 0) is 0 Å². The quantitative estimate of drug-likeness (QED) is 0.827. The van der Waals surface area contributed by atoms with E-state index in [9.17, 15) is 8.78 Å². The van der Waals surface area contributed by atoms with E-state index in [-0.39, 0.29) is 17.4 Å². The summed E-state index contributed by atoms with van der Waals surface area (Å²) >= 11 is 5.42. The third-order valence-electron chi connectivity index (χ3n) is 1.54. The van der Waals surface area contributed by atoms with Gasteiger partial charge < -0.3 is 5.73 Å². The molecule has 0 aliphatic carbocycles. The van der Waals surface area contributed by atoms with Crippen molar-refractivity contribution < 1.29 is 8.78 Å². The number of halogens is 4. The predicted molar refractivity (Wildman–Crippen MR) is 51.6 cm³/mol. The lowest BCUT2D eigenvalue weighted by Gasteiger charge is -2.06. The zero-order chi connectivity index (χ0) is 9.14. The highest BCUT2D eigenvalue weighted by Gasteiger charge is 2.07. The van der Waals surface area contributed by atoms with Gasteiger partial charge in [0.25, 0.3) is 0 Å². The molecule has 1 aromatic rings. The van der Waals surface area contributed by atoms with Gasteiger partial charge in [-0.25, -0.2) is 8.78 Å². The third kappa shape index (κ3) is 3.10. The van der Waals surface area contributed by atoms with Crippen molar-refractivity contribution in [3.05, 3.63) is 34.6 Å². The zero-order valence-electron chi connectivity index (χ0n) is 6.64. The molecule has 0 bridgehead atoms. The molecule has 1 atom stereocenters. The average Bonchev–Trinajstić information content (AvgIpc) is 2.08. The molecule has 0 aliphatic rings. The predicted octanol–water partition coefficient (Wildman–Crippen LogP) is 2.87. The largest absolute Gasteiger partial charge is 0.322 e. The van der Waals surface area contributed by atoms with E-state index in [0.717, 1.165) is 6.07 Å². The summed E-state index contributed by atoms with van der Waals surface area (Å²) in [5.41, 5.74) is 5.74. The molecule has 1 rings (SSSR count). The Balaban J connectivity index is 0.00000144. The monoisotopic (exact) mass is 227 g/mol. The van der Waals surface area contributed by atoms with Crippen molar-refractivity contribution in [2.45, 2.75) is 6.04 Å². The van der Waals surface area contributed by atoms with Crippen LogP contribution >= 0.6 is 24.0 Å². The summed E-state index contributed by atoms with van der Waals surface area (Å²) in [5, 5.41) is 0.0183. The van der Waals surface area contributed by atoms with Crippen LogP contribution in [0.1, 0.15) is 11.6 Å². The summed E-state index contributed by atoms with van der Waals surface area (Å²) in [6, 6.07) is 3.25. The number of rotatable bonds is 2. The Morgan fingerprint density at radius 2 is 2.08 bits per heavy atom. The normalized spacial score (nSPS) is 12.0. The Hall–Kier alpha value is -0.380. The lowest BCUT2D eigenvalue weighted by Crippen LogP contribution is -2.12. The highest BCUT2D eigenvalue weighted by atomic mass is 35.5. The fourth-order valence-electron chi connectivity index (χ4n) is 0.832. The van der Waals surface area contributed by atoms with E-state index in [4.69, 9.17) is 17.3 Å². The highest BCUT2D eigenvalue weighted by molar-refractivity contribution is 6.30. The van der Waals surface area contributed by atoms with Crippen LogP contribution in [0.15, 0.2) is 18.2 Å². The van der Waals surface area contributed by atoms with Gasteiger partial charge in [0.1, 0.15) is 12.5 Å². The van der Waals surface area contributed by atoms with Crippen LogP contribution in [-0.4, -0.2) is 6.67 Å². The van der Waals surface area contributed by atoms with Crippen molar-refractivity contribution in [3.63, 3.8) is 0 Å². The topological polar surface area (TPSA) is 26.0 Å². The number of hydrogen-bond donors (Lipinski definition) is 1. The molecule has 0 saturated heterocycles. The number of alkyl halides is 1. The van der Waals surface area contributed by atoms with E-state index < -0.39 is 18.5 Å². The molecule has 1 aromatic carbocycles. The van der Waals surface area contributed by atoms with Crippen LogP contribution in [0.3, 0.4) is 0 Å². The molecule has 5 heteroatoms. The Morgan fingerprint density at radius 3 is 2.54 bits per heavy atom. The fraction of sp³-hybridized carbons (Fsp3) is 0.250. The van der Waals surface area contributed by atoms with Crippen LogP contribution in [0.25, 0.3) is 0 Å². The summed E-state index contributed by atoms with van der Waals surface area (Å²) in [6.07, 6.45) is 0. The second-order valence-corrected chi connectivity index (χ2v) is 2.84. The number of benzene rings is 1. The van der Waals surface area contributed by atoms with Crippen molar-refractivity contribution in [1.82, 2.24) is 0 Å². The molecular formula is C8H9Cl2F2N. The summed E-state index contributed by atoms with van der Waals surface area (Å²) in [6.45, 7) is -0.707. The van der Waals surface area contributed by atoms with E-state index in [2.05, 4.69) is 0 Å². The standard InChI is InChI=1S/C8H8ClF2N.ClH/c9-6-2-1-5(3-7(6)11)8(12)4-10;/h1-3,8H,4,12H2;1H/t8-;/m1./s1. The van der Waals surface area contributed by atoms with E-state index in [1.165, 1.54) is 12.1 Å². The van der Waals surface area contributed by atoms with E-state index in [0.29, 0.717) is 5.56 Å². The molecule has 0 unspecified atom stereocenters. The first-order chi connectivity index (χ1) is 5.65. The highest BCUT2D eigenvalue weighted by Crippen LogP contribution is 2.19. The molecule has 0 aromatic heterocycles. The first kappa shape index (κ1) is 12.6. The summed E-state index contributed by atoms with van der Waals surface area (Å²) in [7, 11) is 0. The molecule has 74 valence electrons. The van der Waals surface area contributed by atoms with Crippen LogP contribution in [0.5, 0.6) is 0 Å². The van der Waals surface area contributed by atoms with Gasteiger partial charge in [0, 0.05) is 0 Å². The second kappa shape index (κ2) is 5.37. The maximum absolute atomic E-state index is 12.8. The van der Waals surface area contributed by atoms with Crippen LogP contribution < -0.4 is 5.73 Å². The molecule has 13 heavy (non-hydrogen) atoms. The van der Waals surface area contributed by atoms with E-state index in [1.54, 1.807) is 0 Å². The minimum atomic E-state index is -0.767. The number of nitrogens with two attached hydrogens (primary N) is 1. The lowest BCUT2D eigenvalue weighted by molar-refractivity contribution is 0.436. The van der Waals surface area contributed by atoms with Crippen molar-refractivity contribution in [3.8, 4) is 0 Å². The van der Waals surface area contributed by atoms with Gasteiger partial charge in [-0.15, -0.1) is 12.4 Å². The first-order valence-corrected chi connectivity index (χ1v) is 3.79. The first-order valence-electron chi connectivity index (χ1n) is 3.41. The van der Waals surface area contributed by atoms with Crippen molar-refractivity contribution in [2.75, 3.05) is 6.67 Å². The maximum atomic E-state index is 12.8. The van der Waals surface area contributed by atoms with Gasteiger partial charge in [0.05, 0.1) is 11.1 Å². The second-order valence-electron chi connectivity index (χ2n) is 2.43. The van der Waals surface area contributed by atoms with Gasteiger partial charge in [-0.3, -0.25) is 0 Å². The van der Waals surface area contributed by atoms with Crippen LogP contribution in [0.2, 0.25) is 5.02 Å². The molecule has 2 N–H and O–H groups in total. The molecular weight excluding hydrogens is 219 g/mol. The molecule has 0 amide bonds. The van der Waals surface area contributed by atoms with Gasteiger partial charge in [0.15, 0.2) is 0 Å². The Kier molecular flexibility index (Phi) is 5.21. The van der Waals surface area contributed by atoms with Gasteiger partial charge in [0.2, 0.25) is 0 Å². The molecule has 0 spiro atoms. The Morgan fingerprint density at radius 1 is 1.46 bits per heavy atom. The minimum Gasteiger partial charge on any atom is -0.322 e.